The van der Waals surface area contributed by atoms with Crippen molar-refractivity contribution in [3.63, 3.8) is 0 Å². The summed E-state index contributed by atoms with van der Waals surface area (Å²) >= 11 is 12.2. The number of aromatic nitrogens is 2. The number of aryl methyl sites for hydroxylation is 1. The van der Waals surface area contributed by atoms with Crippen LogP contribution in [0.4, 0.5) is 11.5 Å². The highest BCUT2D eigenvalue weighted by Crippen LogP contribution is 2.28. The second-order valence-electron chi connectivity index (χ2n) is 4.30. The van der Waals surface area contributed by atoms with Gasteiger partial charge in [-0.05, 0) is 31.5 Å². The number of anilines is 2. The maximum Gasteiger partial charge on any atom is 0.138 e. The predicted molar refractivity (Wildman–Crippen MR) is 80.6 cm³/mol. The summed E-state index contributed by atoms with van der Waals surface area (Å²) in [6.45, 7) is 5.85. The quantitative estimate of drug-likeness (QED) is 0.834. The summed E-state index contributed by atoms with van der Waals surface area (Å²) in [4.78, 5) is 8.69. The van der Waals surface area contributed by atoms with Crippen LogP contribution in [-0.2, 0) is 6.42 Å². The summed E-state index contributed by atoms with van der Waals surface area (Å²) in [7, 11) is 0. The van der Waals surface area contributed by atoms with Gasteiger partial charge in [-0.2, -0.15) is 0 Å². The summed E-state index contributed by atoms with van der Waals surface area (Å²) in [6.07, 6.45) is 0.739. The fourth-order valence-electron chi connectivity index (χ4n) is 1.68. The van der Waals surface area contributed by atoms with Crippen LogP contribution < -0.4 is 5.32 Å². The van der Waals surface area contributed by atoms with Crippen molar-refractivity contribution in [1.82, 2.24) is 9.97 Å². The van der Waals surface area contributed by atoms with Gasteiger partial charge in [0.25, 0.3) is 0 Å². The van der Waals surface area contributed by atoms with Gasteiger partial charge in [0.05, 0.1) is 0 Å². The van der Waals surface area contributed by atoms with E-state index in [9.17, 15) is 0 Å². The number of nitrogens with zero attached hydrogens (tertiary/aromatic N) is 2. The largest absolute Gasteiger partial charge is 0.340 e. The lowest BCUT2D eigenvalue weighted by Crippen LogP contribution is -2.04. The van der Waals surface area contributed by atoms with E-state index >= 15 is 0 Å². The second kappa shape index (κ2) is 5.76. The molecule has 0 amide bonds. The van der Waals surface area contributed by atoms with Gasteiger partial charge < -0.3 is 5.32 Å². The summed E-state index contributed by atoms with van der Waals surface area (Å²) < 4.78 is 0. The predicted octanol–water partition coefficient (Wildman–Crippen LogP) is 4.71. The molecule has 1 N–H and O–H groups in total. The molecule has 0 spiro atoms. The first-order chi connectivity index (χ1) is 9.02. The molecule has 0 fully saturated rings. The van der Waals surface area contributed by atoms with Crippen LogP contribution in [0.25, 0.3) is 0 Å². The van der Waals surface area contributed by atoms with E-state index in [-0.39, 0.29) is 0 Å². The van der Waals surface area contributed by atoms with Crippen LogP contribution in [0.5, 0.6) is 0 Å². The van der Waals surface area contributed by atoms with Gasteiger partial charge in [-0.25, -0.2) is 9.97 Å². The van der Waals surface area contributed by atoms with Gasteiger partial charge in [-0.15, -0.1) is 0 Å². The molecule has 100 valence electrons. The Labute approximate surface area is 123 Å². The molecule has 1 aromatic carbocycles. The number of nitrogens with one attached hydrogen (secondary N) is 1. The Morgan fingerprint density at radius 3 is 2.53 bits per heavy atom. The zero-order chi connectivity index (χ0) is 14.0. The topological polar surface area (TPSA) is 37.8 Å². The average molecular weight is 296 g/mol. The van der Waals surface area contributed by atoms with Crippen LogP contribution in [0.1, 0.15) is 23.9 Å². The smallest absolute Gasteiger partial charge is 0.138 e. The molecule has 0 saturated heterocycles. The van der Waals surface area contributed by atoms with Gasteiger partial charge in [-0.3, -0.25) is 0 Å². The first-order valence-electron chi connectivity index (χ1n) is 6.08. The third-order valence-electron chi connectivity index (χ3n) is 2.97. The summed E-state index contributed by atoms with van der Waals surface area (Å²) in [5.41, 5.74) is 2.74. The van der Waals surface area contributed by atoms with Crippen LogP contribution in [0.2, 0.25) is 10.2 Å². The first-order valence-corrected chi connectivity index (χ1v) is 6.83. The fourth-order valence-corrected chi connectivity index (χ4v) is 2.04. The van der Waals surface area contributed by atoms with Crippen molar-refractivity contribution in [1.29, 1.82) is 0 Å². The molecule has 2 aromatic rings. The Balaban J connectivity index is 2.43. The van der Waals surface area contributed by atoms with Crippen molar-refractivity contribution >= 4 is 34.7 Å². The lowest BCUT2D eigenvalue weighted by Gasteiger charge is -2.13. The van der Waals surface area contributed by atoms with Crippen LogP contribution in [0, 0.1) is 13.8 Å². The van der Waals surface area contributed by atoms with E-state index in [0.717, 1.165) is 39.9 Å². The lowest BCUT2D eigenvalue weighted by atomic mass is 10.2. The van der Waals surface area contributed by atoms with Crippen molar-refractivity contribution < 1.29 is 0 Å². The van der Waals surface area contributed by atoms with Crippen LogP contribution in [0.15, 0.2) is 18.2 Å². The van der Waals surface area contributed by atoms with Crippen molar-refractivity contribution in [2.75, 3.05) is 5.32 Å². The molecule has 0 bridgehead atoms. The SMILES string of the molecule is CCc1nc(Cl)c(C)c(Nc2cccc(Cl)c2C)n1. The molecule has 0 unspecified atom stereocenters. The zero-order valence-corrected chi connectivity index (χ0v) is 12.6. The monoisotopic (exact) mass is 295 g/mol. The highest BCUT2D eigenvalue weighted by Gasteiger charge is 2.10. The van der Waals surface area contributed by atoms with Crippen molar-refractivity contribution in [3.05, 3.63) is 45.3 Å². The van der Waals surface area contributed by atoms with E-state index in [1.54, 1.807) is 0 Å². The number of halogens is 2. The third-order valence-corrected chi connectivity index (χ3v) is 3.75. The van der Waals surface area contributed by atoms with Gasteiger partial charge in [0, 0.05) is 22.7 Å². The van der Waals surface area contributed by atoms with Gasteiger partial charge in [0.1, 0.15) is 16.8 Å². The number of hydrogen-bond donors (Lipinski definition) is 1. The Hall–Kier alpha value is -1.32. The van der Waals surface area contributed by atoms with Gasteiger partial charge in [0.15, 0.2) is 0 Å². The number of benzene rings is 1. The minimum atomic E-state index is 0.481. The molecule has 1 aromatic heterocycles. The van der Waals surface area contributed by atoms with E-state index in [4.69, 9.17) is 23.2 Å². The molecular formula is C14H15Cl2N3. The highest BCUT2D eigenvalue weighted by atomic mass is 35.5. The summed E-state index contributed by atoms with van der Waals surface area (Å²) in [5.74, 6) is 1.44. The first kappa shape index (κ1) is 14.1. The highest BCUT2D eigenvalue weighted by molar-refractivity contribution is 6.31. The van der Waals surface area contributed by atoms with E-state index in [2.05, 4.69) is 15.3 Å². The summed E-state index contributed by atoms with van der Waals surface area (Å²) in [6, 6.07) is 5.72. The fraction of sp³-hybridized carbons (Fsp3) is 0.286. The van der Waals surface area contributed by atoms with E-state index in [0.29, 0.717) is 5.15 Å². The van der Waals surface area contributed by atoms with Gasteiger partial charge in [-0.1, -0.05) is 36.2 Å². The van der Waals surface area contributed by atoms with Crippen molar-refractivity contribution in [2.24, 2.45) is 0 Å². The Bertz CT molecular complexity index is 612. The maximum absolute atomic E-state index is 6.12. The second-order valence-corrected chi connectivity index (χ2v) is 5.06. The van der Waals surface area contributed by atoms with Gasteiger partial charge in [0.2, 0.25) is 0 Å². The Kier molecular flexibility index (Phi) is 4.27. The normalized spacial score (nSPS) is 10.6. The van der Waals surface area contributed by atoms with Crippen LogP contribution in [0.3, 0.4) is 0 Å². The molecule has 5 heteroatoms. The van der Waals surface area contributed by atoms with Crippen LogP contribution in [-0.4, -0.2) is 9.97 Å². The molecule has 0 aliphatic carbocycles. The molecule has 2 rings (SSSR count). The molecule has 1 heterocycles. The van der Waals surface area contributed by atoms with E-state index in [1.165, 1.54) is 0 Å². The Morgan fingerprint density at radius 1 is 1.11 bits per heavy atom. The molecule has 19 heavy (non-hydrogen) atoms. The molecule has 3 nitrogen and oxygen atoms in total. The minimum Gasteiger partial charge on any atom is -0.340 e. The molecular weight excluding hydrogens is 281 g/mol. The standard InChI is InChI=1S/C14H15Cl2N3/c1-4-12-18-13(16)9(3)14(19-12)17-11-7-5-6-10(15)8(11)2/h5-7H,4H2,1-3H3,(H,17,18,19). The average Bonchev–Trinajstić information content (AvgIpc) is 2.39. The van der Waals surface area contributed by atoms with E-state index in [1.807, 2.05) is 39.0 Å². The van der Waals surface area contributed by atoms with Crippen molar-refractivity contribution in [3.8, 4) is 0 Å². The zero-order valence-electron chi connectivity index (χ0n) is 11.1. The molecule has 0 aliphatic rings. The maximum atomic E-state index is 6.12. The number of rotatable bonds is 3. The summed E-state index contributed by atoms with van der Waals surface area (Å²) in [5, 5.41) is 4.48. The Morgan fingerprint density at radius 2 is 1.84 bits per heavy atom. The molecule has 0 aliphatic heterocycles. The number of hydrogen-bond acceptors (Lipinski definition) is 3. The van der Waals surface area contributed by atoms with Gasteiger partial charge >= 0.3 is 0 Å². The lowest BCUT2D eigenvalue weighted by molar-refractivity contribution is 0.934. The van der Waals surface area contributed by atoms with Crippen molar-refractivity contribution in [2.45, 2.75) is 27.2 Å². The molecule has 0 saturated carbocycles. The van der Waals surface area contributed by atoms with E-state index < -0.39 is 0 Å². The third kappa shape index (κ3) is 2.99. The minimum absolute atomic E-state index is 0.481. The molecule has 0 radical (unpaired) electrons. The molecule has 0 atom stereocenters. The van der Waals surface area contributed by atoms with Crippen LogP contribution >= 0.6 is 23.2 Å².